The average molecular weight is 382 g/mol. The Bertz CT molecular complexity index is 878. The molecule has 0 radical (unpaired) electrons. The molecule has 0 saturated carbocycles. The van der Waals surface area contributed by atoms with Crippen molar-refractivity contribution < 1.29 is 0 Å². The van der Waals surface area contributed by atoms with E-state index < -0.39 is 0 Å². The van der Waals surface area contributed by atoms with Gasteiger partial charge in [0.05, 0.1) is 16.8 Å². The van der Waals surface area contributed by atoms with E-state index in [0.29, 0.717) is 0 Å². The Labute approximate surface area is 156 Å². The number of halogens is 2. The fourth-order valence-electron chi connectivity index (χ4n) is 2.43. The maximum atomic E-state index is 4.61. The molecule has 0 atom stereocenters. The van der Waals surface area contributed by atoms with Gasteiger partial charge in [-0.3, -0.25) is 4.99 Å². The van der Waals surface area contributed by atoms with E-state index in [1.807, 2.05) is 25.1 Å². The smallest absolute Gasteiger partial charge is 0.189 e. The van der Waals surface area contributed by atoms with E-state index in [1.165, 1.54) is 5.56 Å². The van der Waals surface area contributed by atoms with E-state index in [1.54, 1.807) is 17.5 Å². The second-order valence-corrected chi connectivity index (χ2v) is 6.23. The van der Waals surface area contributed by atoms with Crippen molar-refractivity contribution in [3.8, 4) is 0 Å². The highest BCUT2D eigenvalue weighted by atomic mass is 35.5. The Morgan fingerprint density at radius 3 is 2.79 bits per heavy atom. The lowest BCUT2D eigenvalue weighted by Gasteiger charge is -2.01. The summed E-state index contributed by atoms with van der Waals surface area (Å²) >= 11 is 1.63. The zero-order chi connectivity index (χ0) is 14.9. The van der Waals surface area contributed by atoms with Gasteiger partial charge in [-0.15, -0.1) is 24.8 Å². The molecule has 1 aromatic carbocycles. The molecule has 126 valence electrons. The van der Waals surface area contributed by atoms with Gasteiger partial charge in [0.25, 0.3) is 0 Å². The minimum absolute atomic E-state index is 0. The molecule has 0 fully saturated rings. The Hall–Kier alpha value is -1.89. The number of pyridine rings is 1. The standard InChI is InChI=1S/C16H15N5S.2ClH/c1-10-4-5-17-14(8-10)21-16-20-12-3-2-11(9-13(12)22-16)15-18-6-7-19-15;;/h2-5,8-9H,6-7H2,1H3,(H,18,19)(H,17,20,21);2*1H. The number of rotatable bonds is 3. The van der Waals surface area contributed by atoms with Crippen molar-refractivity contribution in [3.63, 3.8) is 0 Å². The van der Waals surface area contributed by atoms with Gasteiger partial charge in [-0.05, 0) is 42.8 Å². The van der Waals surface area contributed by atoms with E-state index in [9.17, 15) is 0 Å². The average Bonchev–Trinajstić information content (AvgIpc) is 3.15. The molecular weight excluding hydrogens is 365 g/mol. The molecule has 24 heavy (non-hydrogen) atoms. The Balaban J connectivity index is 0.00000104. The fourth-order valence-corrected chi connectivity index (χ4v) is 3.34. The van der Waals surface area contributed by atoms with Crippen LogP contribution >= 0.6 is 36.2 Å². The van der Waals surface area contributed by atoms with Crippen LogP contribution in [-0.2, 0) is 0 Å². The highest BCUT2D eigenvalue weighted by Crippen LogP contribution is 2.29. The van der Waals surface area contributed by atoms with Gasteiger partial charge in [0.15, 0.2) is 5.13 Å². The first-order valence-electron chi connectivity index (χ1n) is 7.17. The summed E-state index contributed by atoms with van der Waals surface area (Å²) in [6.45, 7) is 3.82. The summed E-state index contributed by atoms with van der Waals surface area (Å²) in [7, 11) is 0. The Kier molecular flexibility index (Phi) is 5.99. The predicted molar refractivity (Wildman–Crippen MR) is 106 cm³/mol. The van der Waals surface area contributed by atoms with Crippen LogP contribution in [0.4, 0.5) is 10.9 Å². The van der Waals surface area contributed by atoms with Crippen LogP contribution < -0.4 is 10.6 Å². The lowest BCUT2D eigenvalue weighted by molar-refractivity contribution is 0.960. The maximum absolute atomic E-state index is 4.61. The number of aryl methyl sites for hydroxylation is 1. The summed E-state index contributed by atoms with van der Waals surface area (Å²) in [6.07, 6.45) is 1.80. The number of aromatic nitrogens is 2. The second kappa shape index (κ2) is 7.79. The summed E-state index contributed by atoms with van der Waals surface area (Å²) in [5.74, 6) is 1.80. The molecule has 8 heteroatoms. The Morgan fingerprint density at radius 2 is 2.04 bits per heavy atom. The summed E-state index contributed by atoms with van der Waals surface area (Å²) in [6, 6.07) is 10.2. The van der Waals surface area contributed by atoms with Gasteiger partial charge < -0.3 is 10.6 Å². The third kappa shape index (κ3) is 3.77. The quantitative estimate of drug-likeness (QED) is 0.721. The third-order valence-corrected chi connectivity index (χ3v) is 4.42. The molecular formula is C16H17Cl2N5S. The number of nitrogens with one attached hydrogen (secondary N) is 2. The van der Waals surface area contributed by atoms with Gasteiger partial charge in [0.1, 0.15) is 11.7 Å². The first kappa shape index (κ1) is 18.4. The summed E-state index contributed by atoms with van der Waals surface area (Å²) < 4.78 is 1.14. The van der Waals surface area contributed by atoms with Crippen molar-refractivity contribution in [2.45, 2.75) is 6.92 Å². The van der Waals surface area contributed by atoms with Crippen LogP contribution in [0.1, 0.15) is 11.1 Å². The normalized spacial score (nSPS) is 12.8. The van der Waals surface area contributed by atoms with Crippen molar-refractivity contribution in [2.75, 3.05) is 18.4 Å². The molecule has 2 N–H and O–H groups in total. The largest absolute Gasteiger partial charge is 0.368 e. The molecule has 2 aromatic heterocycles. The number of benzene rings is 1. The Morgan fingerprint density at radius 1 is 1.17 bits per heavy atom. The molecule has 0 bridgehead atoms. The highest BCUT2D eigenvalue weighted by molar-refractivity contribution is 7.22. The predicted octanol–water partition coefficient (Wildman–Crippen LogP) is 3.94. The molecule has 0 amide bonds. The molecule has 4 rings (SSSR count). The van der Waals surface area contributed by atoms with Gasteiger partial charge in [0, 0.05) is 18.3 Å². The SMILES string of the molecule is Cc1ccnc(Nc2nc3ccc(C4=NCCN4)cc3s2)c1.Cl.Cl. The van der Waals surface area contributed by atoms with Crippen LogP contribution in [-0.4, -0.2) is 28.9 Å². The lowest BCUT2D eigenvalue weighted by Crippen LogP contribution is -2.19. The lowest BCUT2D eigenvalue weighted by atomic mass is 10.2. The van der Waals surface area contributed by atoms with Crippen LogP contribution in [0.3, 0.4) is 0 Å². The summed E-state index contributed by atoms with van der Waals surface area (Å²) in [5.41, 5.74) is 3.28. The zero-order valence-corrected chi connectivity index (χ0v) is 15.4. The number of thiazole rings is 1. The van der Waals surface area contributed by atoms with E-state index in [2.05, 4.69) is 37.7 Å². The van der Waals surface area contributed by atoms with Crippen LogP contribution in [0, 0.1) is 6.92 Å². The van der Waals surface area contributed by atoms with Crippen molar-refractivity contribution in [1.29, 1.82) is 0 Å². The topological polar surface area (TPSA) is 62.2 Å². The number of hydrogen-bond acceptors (Lipinski definition) is 6. The maximum Gasteiger partial charge on any atom is 0.189 e. The van der Waals surface area contributed by atoms with E-state index >= 15 is 0 Å². The summed E-state index contributed by atoms with van der Waals surface area (Å²) in [4.78, 5) is 13.4. The zero-order valence-electron chi connectivity index (χ0n) is 12.9. The van der Waals surface area contributed by atoms with E-state index in [4.69, 9.17) is 0 Å². The van der Waals surface area contributed by atoms with Gasteiger partial charge >= 0.3 is 0 Å². The van der Waals surface area contributed by atoms with Gasteiger partial charge in [-0.1, -0.05) is 11.3 Å². The minimum atomic E-state index is 0. The first-order chi connectivity index (χ1) is 10.8. The molecule has 5 nitrogen and oxygen atoms in total. The molecule has 1 aliphatic rings. The van der Waals surface area contributed by atoms with Crippen molar-refractivity contribution in [1.82, 2.24) is 15.3 Å². The monoisotopic (exact) mass is 381 g/mol. The van der Waals surface area contributed by atoms with Crippen LogP contribution in [0.25, 0.3) is 10.2 Å². The van der Waals surface area contributed by atoms with E-state index in [0.717, 1.165) is 45.7 Å². The molecule has 3 heterocycles. The van der Waals surface area contributed by atoms with Crippen LogP contribution in [0.5, 0.6) is 0 Å². The highest BCUT2D eigenvalue weighted by Gasteiger charge is 2.11. The first-order valence-corrected chi connectivity index (χ1v) is 7.98. The molecule has 3 aromatic rings. The number of nitrogens with zero attached hydrogens (tertiary/aromatic N) is 3. The molecule has 0 spiro atoms. The fraction of sp³-hybridized carbons (Fsp3) is 0.188. The molecule has 1 aliphatic heterocycles. The van der Waals surface area contributed by atoms with Gasteiger partial charge in [0.2, 0.25) is 0 Å². The molecule has 0 saturated heterocycles. The summed E-state index contributed by atoms with van der Waals surface area (Å²) in [5, 5.41) is 7.43. The molecule has 0 unspecified atom stereocenters. The number of fused-ring (bicyclic) bond motifs is 1. The van der Waals surface area contributed by atoms with Crippen molar-refractivity contribution in [2.24, 2.45) is 4.99 Å². The van der Waals surface area contributed by atoms with Crippen LogP contribution in [0.15, 0.2) is 41.5 Å². The van der Waals surface area contributed by atoms with Gasteiger partial charge in [-0.2, -0.15) is 0 Å². The van der Waals surface area contributed by atoms with Crippen molar-refractivity contribution in [3.05, 3.63) is 47.7 Å². The van der Waals surface area contributed by atoms with Crippen LogP contribution in [0.2, 0.25) is 0 Å². The van der Waals surface area contributed by atoms with Crippen molar-refractivity contribution >= 4 is 63.2 Å². The van der Waals surface area contributed by atoms with E-state index in [-0.39, 0.29) is 24.8 Å². The second-order valence-electron chi connectivity index (χ2n) is 5.20. The number of amidine groups is 1. The molecule has 0 aliphatic carbocycles. The number of anilines is 2. The number of hydrogen-bond donors (Lipinski definition) is 2. The van der Waals surface area contributed by atoms with Gasteiger partial charge in [-0.25, -0.2) is 9.97 Å². The third-order valence-electron chi connectivity index (χ3n) is 3.49. The number of aliphatic imine (C=N–C) groups is 1. The minimum Gasteiger partial charge on any atom is -0.368 e.